The molecule has 0 atom stereocenters. The maximum atomic E-state index is 11.5. The van der Waals surface area contributed by atoms with Gasteiger partial charge in [0.25, 0.3) is 5.79 Å². The molecule has 0 saturated carbocycles. The van der Waals surface area contributed by atoms with Crippen LogP contribution >= 0.6 is 0 Å². The Morgan fingerprint density at radius 1 is 0.750 bits per heavy atom. The van der Waals surface area contributed by atoms with Gasteiger partial charge in [0.1, 0.15) is 0 Å². The van der Waals surface area contributed by atoms with Gasteiger partial charge < -0.3 is 9.84 Å². The Balaban J connectivity index is 1.33. The standard InChI is InChI=1S/C22H38O6/c1-2-3-4-5-6-7-8-9-10-11-12-13-14-15-18-21-22(27-21,28-21)26-20(25)17-16-19(23)24/h2-18H2,1H3,(H,23,24). The van der Waals surface area contributed by atoms with Crippen LogP contribution in [0.25, 0.3) is 0 Å². The minimum Gasteiger partial charge on any atom is -0.481 e. The topological polar surface area (TPSA) is 88.7 Å². The number of carboxylic acids is 1. The van der Waals surface area contributed by atoms with Gasteiger partial charge in [-0.1, -0.05) is 90.4 Å². The fraction of sp³-hybridized carbons (Fsp3) is 0.909. The molecule has 6 nitrogen and oxygen atoms in total. The lowest BCUT2D eigenvalue weighted by molar-refractivity contribution is -0.215. The SMILES string of the molecule is CCCCCCCCCCCCCCCCC12OC1(OC(=O)CCC(=O)O)O2. The van der Waals surface area contributed by atoms with E-state index in [1.165, 1.54) is 77.0 Å². The predicted molar refractivity (Wildman–Crippen MR) is 106 cm³/mol. The number of epoxide rings is 2. The molecule has 0 aromatic heterocycles. The molecule has 6 heteroatoms. The van der Waals surface area contributed by atoms with Gasteiger partial charge >= 0.3 is 17.9 Å². The highest BCUT2D eigenvalue weighted by molar-refractivity contribution is 5.77. The van der Waals surface area contributed by atoms with Crippen LogP contribution in [0.15, 0.2) is 0 Å². The summed E-state index contributed by atoms with van der Waals surface area (Å²) in [6, 6.07) is 0. The van der Waals surface area contributed by atoms with E-state index in [1.807, 2.05) is 0 Å². The second-order valence-electron chi connectivity index (χ2n) is 8.23. The molecule has 2 aliphatic heterocycles. The number of fused-ring (bicyclic) bond motifs is 1. The second-order valence-corrected chi connectivity index (χ2v) is 8.23. The molecule has 0 unspecified atom stereocenters. The van der Waals surface area contributed by atoms with E-state index in [9.17, 15) is 9.59 Å². The highest BCUT2D eigenvalue weighted by Gasteiger charge is 2.95. The highest BCUT2D eigenvalue weighted by atomic mass is 17.2. The molecule has 0 aromatic carbocycles. The van der Waals surface area contributed by atoms with Crippen LogP contribution in [0, 0.1) is 0 Å². The fourth-order valence-corrected chi connectivity index (χ4v) is 3.73. The first-order valence-corrected chi connectivity index (χ1v) is 11.4. The number of carboxylic acid groups (broad SMARTS) is 1. The summed E-state index contributed by atoms with van der Waals surface area (Å²) in [5, 5.41) is 8.56. The zero-order valence-corrected chi connectivity index (χ0v) is 17.5. The highest BCUT2D eigenvalue weighted by Crippen LogP contribution is 2.70. The summed E-state index contributed by atoms with van der Waals surface area (Å²) < 4.78 is 15.8. The van der Waals surface area contributed by atoms with Crippen molar-refractivity contribution < 1.29 is 28.9 Å². The quantitative estimate of drug-likeness (QED) is 0.171. The van der Waals surface area contributed by atoms with Crippen molar-refractivity contribution in [1.82, 2.24) is 0 Å². The Morgan fingerprint density at radius 3 is 1.68 bits per heavy atom. The number of hydrogen-bond donors (Lipinski definition) is 1. The smallest absolute Gasteiger partial charge is 0.392 e. The Bertz CT molecular complexity index is 483. The molecule has 0 bridgehead atoms. The number of hydrogen-bond acceptors (Lipinski definition) is 5. The van der Waals surface area contributed by atoms with Crippen LogP contribution in [0.1, 0.15) is 116 Å². The first-order chi connectivity index (χ1) is 13.5. The van der Waals surface area contributed by atoms with Crippen LogP contribution in [0.2, 0.25) is 0 Å². The van der Waals surface area contributed by atoms with E-state index in [0.717, 1.165) is 19.3 Å². The van der Waals surface area contributed by atoms with Crippen LogP contribution in [-0.2, 0) is 23.8 Å². The van der Waals surface area contributed by atoms with E-state index >= 15 is 0 Å². The Hall–Kier alpha value is -1.14. The monoisotopic (exact) mass is 398 g/mol. The molecular weight excluding hydrogens is 360 g/mol. The van der Waals surface area contributed by atoms with Gasteiger partial charge in [0.2, 0.25) is 0 Å². The van der Waals surface area contributed by atoms with Crippen molar-refractivity contribution in [3.8, 4) is 0 Å². The van der Waals surface area contributed by atoms with E-state index in [0.29, 0.717) is 0 Å². The molecule has 0 radical (unpaired) electrons. The average Bonchev–Trinajstić information content (AvgIpc) is 3.46. The Kier molecular flexibility index (Phi) is 9.72. The normalized spacial score (nSPS) is 24.6. The van der Waals surface area contributed by atoms with Gasteiger partial charge in [0.15, 0.2) is 0 Å². The molecule has 2 heterocycles. The molecule has 2 saturated heterocycles. The van der Waals surface area contributed by atoms with Crippen LogP contribution < -0.4 is 0 Å². The lowest BCUT2D eigenvalue weighted by Gasteiger charge is -2.03. The van der Waals surface area contributed by atoms with Crippen LogP contribution in [0.5, 0.6) is 0 Å². The molecule has 2 rings (SSSR count). The minimum absolute atomic E-state index is 0.154. The van der Waals surface area contributed by atoms with Crippen molar-refractivity contribution in [3.63, 3.8) is 0 Å². The summed E-state index contributed by atoms with van der Waals surface area (Å²) in [5.74, 6) is -3.50. The predicted octanol–water partition coefficient (Wildman–Crippen LogP) is 5.68. The summed E-state index contributed by atoms with van der Waals surface area (Å²) in [6.45, 7) is 2.26. The van der Waals surface area contributed by atoms with E-state index in [-0.39, 0.29) is 12.8 Å². The number of unbranched alkanes of at least 4 members (excludes halogenated alkanes) is 13. The van der Waals surface area contributed by atoms with Crippen molar-refractivity contribution in [2.45, 2.75) is 128 Å². The van der Waals surface area contributed by atoms with Crippen molar-refractivity contribution in [2.75, 3.05) is 0 Å². The van der Waals surface area contributed by atoms with Gasteiger partial charge in [-0.3, -0.25) is 19.1 Å². The van der Waals surface area contributed by atoms with Crippen molar-refractivity contribution in [1.29, 1.82) is 0 Å². The van der Waals surface area contributed by atoms with Gasteiger partial charge in [-0.05, 0) is 6.42 Å². The van der Waals surface area contributed by atoms with Crippen LogP contribution in [-0.4, -0.2) is 28.8 Å². The molecule has 28 heavy (non-hydrogen) atoms. The lowest BCUT2D eigenvalue weighted by Crippen LogP contribution is -2.14. The molecule has 162 valence electrons. The number of esters is 1. The zero-order valence-electron chi connectivity index (χ0n) is 17.5. The number of ether oxygens (including phenoxy) is 3. The molecule has 0 amide bonds. The first-order valence-electron chi connectivity index (χ1n) is 11.4. The maximum Gasteiger partial charge on any atom is 0.392 e. The first kappa shape index (κ1) is 23.1. The third-order valence-electron chi connectivity index (χ3n) is 5.63. The molecular formula is C22H38O6. The third-order valence-corrected chi connectivity index (χ3v) is 5.63. The number of carbonyl (C=O) groups excluding carboxylic acids is 1. The van der Waals surface area contributed by atoms with Crippen molar-refractivity contribution in [3.05, 3.63) is 0 Å². The Labute approximate surface area is 169 Å². The maximum absolute atomic E-state index is 11.5. The summed E-state index contributed by atoms with van der Waals surface area (Å²) in [4.78, 5) is 22.0. The van der Waals surface area contributed by atoms with Crippen molar-refractivity contribution in [2.24, 2.45) is 0 Å². The molecule has 0 aromatic rings. The second kappa shape index (κ2) is 11.8. The summed E-state index contributed by atoms with van der Waals surface area (Å²) in [5.41, 5.74) is 0. The zero-order chi connectivity index (χ0) is 20.3. The number of aliphatic carboxylic acids is 1. The Morgan fingerprint density at radius 2 is 1.21 bits per heavy atom. The average molecular weight is 399 g/mol. The van der Waals surface area contributed by atoms with Crippen molar-refractivity contribution >= 4 is 11.9 Å². The molecule has 0 spiro atoms. The van der Waals surface area contributed by atoms with Gasteiger partial charge in [-0.15, -0.1) is 0 Å². The minimum atomic E-state index is -1.18. The van der Waals surface area contributed by atoms with Gasteiger partial charge in [0, 0.05) is 6.42 Å². The van der Waals surface area contributed by atoms with Crippen LogP contribution in [0.4, 0.5) is 0 Å². The van der Waals surface area contributed by atoms with Crippen LogP contribution in [0.3, 0.4) is 0 Å². The molecule has 2 fully saturated rings. The van der Waals surface area contributed by atoms with E-state index in [2.05, 4.69) is 6.92 Å². The molecule has 1 N–H and O–H groups in total. The lowest BCUT2D eigenvalue weighted by atomic mass is 10.0. The summed E-state index contributed by atoms with van der Waals surface area (Å²) >= 11 is 0. The van der Waals surface area contributed by atoms with E-state index < -0.39 is 23.7 Å². The van der Waals surface area contributed by atoms with E-state index in [4.69, 9.17) is 19.3 Å². The summed E-state index contributed by atoms with van der Waals surface area (Å²) in [7, 11) is 0. The summed E-state index contributed by atoms with van der Waals surface area (Å²) in [6.07, 6.45) is 18.7. The molecule has 0 aliphatic carbocycles. The largest absolute Gasteiger partial charge is 0.481 e. The van der Waals surface area contributed by atoms with Gasteiger partial charge in [0.05, 0.1) is 12.8 Å². The third kappa shape index (κ3) is 7.70. The number of carbonyl (C=O) groups is 2. The van der Waals surface area contributed by atoms with Gasteiger partial charge in [-0.25, -0.2) is 0 Å². The molecule has 2 aliphatic rings. The fourth-order valence-electron chi connectivity index (χ4n) is 3.73. The van der Waals surface area contributed by atoms with E-state index in [1.54, 1.807) is 0 Å². The van der Waals surface area contributed by atoms with Gasteiger partial charge in [-0.2, -0.15) is 0 Å². The number of rotatable bonds is 19.